The molecule has 1 fully saturated rings. The molecule has 3 aromatic carbocycles. The maximum absolute atomic E-state index is 15.1. The van der Waals surface area contributed by atoms with Crippen LogP contribution >= 0.6 is 0 Å². The van der Waals surface area contributed by atoms with E-state index in [2.05, 4.69) is 6.92 Å². The lowest BCUT2D eigenvalue weighted by Crippen LogP contribution is -2.25. The third-order valence-corrected chi connectivity index (χ3v) is 7.03. The predicted molar refractivity (Wildman–Crippen MR) is 130 cm³/mol. The summed E-state index contributed by atoms with van der Waals surface area (Å²) < 4.78 is 49.4. The zero-order valence-electron chi connectivity index (χ0n) is 19.8. The van der Waals surface area contributed by atoms with E-state index in [0.29, 0.717) is 11.1 Å². The van der Waals surface area contributed by atoms with Crippen LogP contribution < -0.4 is 4.74 Å². The van der Waals surface area contributed by atoms with E-state index in [-0.39, 0.29) is 41.6 Å². The molecule has 35 heavy (non-hydrogen) atoms. The molecule has 1 unspecified atom stereocenters. The minimum absolute atomic E-state index is 0.0180. The minimum Gasteiger partial charge on any atom is -0.508 e. The van der Waals surface area contributed by atoms with Crippen LogP contribution in [0.5, 0.6) is 11.5 Å². The molecule has 1 saturated carbocycles. The van der Waals surface area contributed by atoms with E-state index in [1.54, 1.807) is 36.4 Å². The molecule has 0 heterocycles. The van der Waals surface area contributed by atoms with Gasteiger partial charge in [0.05, 0.1) is 6.10 Å². The van der Waals surface area contributed by atoms with Gasteiger partial charge in [-0.05, 0) is 72.8 Å². The molecule has 3 nitrogen and oxygen atoms in total. The van der Waals surface area contributed by atoms with Gasteiger partial charge in [-0.1, -0.05) is 49.7 Å². The molecule has 0 bridgehead atoms. The van der Waals surface area contributed by atoms with Crippen molar-refractivity contribution in [1.29, 1.82) is 0 Å². The van der Waals surface area contributed by atoms with Gasteiger partial charge in [0.25, 0.3) is 0 Å². The van der Waals surface area contributed by atoms with Crippen molar-refractivity contribution in [3.05, 3.63) is 83.2 Å². The largest absolute Gasteiger partial charge is 0.508 e. The van der Waals surface area contributed by atoms with Crippen LogP contribution in [0, 0.1) is 23.4 Å². The SMILES string of the molecule is CCCC(O)C1CCC(c2ccc(-c3ccc(COc4ccc(O)cc4F)cc3)c(F)c2F)CC1. The second-order valence-corrected chi connectivity index (χ2v) is 9.40. The van der Waals surface area contributed by atoms with Gasteiger partial charge in [-0.2, -0.15) is 0 Å². The zero-order valence-corrected chi connectivity index (χ0v) is 19.8. The second-order valence-electron chi connectivity index (χ2n) is 9.40. The van der Waals surface area contributed by atoms with Crippen molar-refractivity contribution >= 4 is 0 Å². The van der Waals surface area contributed by atoms with E-state index in [9.17, 15) is 14.6 Å². The van der Waals surface area contributed by atoms with Gasteiger partial charge in [-0.15, -0.1) is 0 Å². The van der Waals surface area contributed by atoms with Gasteiger partial charge in [-0.3, -0.25) is 0 Å². The summed E-state index contributed by atoms with van der Waals surface area (Å²) in [6.07, 6.45) is 4.56. The average molecular weight is 485 g/mol. The Morgan fingerprint density at radius 1 is 0.914 bits per heavy atom. The molecule has 0 spiro atoms. The van der Waals surface area contributed by atoms with Crippen LogP contribution in [0.1, 0.15) is 62.5 Å². The summed E-state index contributed by atoms with van der Waals surface area (Å²) >= 11 is 0. The highest BCUT2D eigenvalue weighted by Gasteiger charge is 2.29. The number of hydrogen-bond acceptors (Lipinski definition) is 3. The molecule has 0 amide bonds. The predicted octanol–water partition coefficient (Wildman–Crippen LogP) is 7.49. The number of phenols is 1. The lowest BCUT2D eigenvalue weighted by Gasteiger charge is -2.32. The van der Waals surface area contributed by atoms with Crippen LogP contribution in [0.15, 0.2) is 54.6 Å². The van der Waals surface area contributed by atoms with Crippen LogP contribution in [0.2, 0.25) is 0 Å². The molecule has 6 heteroatoms. The number of ether oxygens (including phenoxy) is 1. The molecular formula is C29H31F3O3. The van der Waals surface area contributed by atoms with Gasteiger partial charge in [-0.25, -0.2) is 13.2 Å². The second kappa shape index (κ2) is 11.2. The molecule has 0 aromatic heterocycles. The van der Waals surface area contributed by atoms with Crippen molar-refractivity contribution in [2.75, 3.05) is 0 Å². The first-order valence-corrected chi connectivity index (χ1v) is 12.2. The Kier molecular flexibility index (Phi) is 8.01. The van der Waals surface area contributed by atoms with E-state index >= 15 is 8.78 Å². The van der Waals surface area contributed by atoms with Crippen molar-refractivity contribution in [3.8, 4) is 22.6 Å². The fourth-order valence-electron chi connectivity index (χ4n) is 5.00. The number of rotatable bonds is 8. The van der Waals surface area contributed by atoms with Crippen molar-refractivity contribution < 1.29 is 28.1 Å². The summed E-state index contributed by atoms with van der Waals surface area (Å²) in [7, 11) is 0. The molecule has 0 radical (unpaired) electrons. The average Bonchev–Trinajstić information content (AvgIpc) is 2.86. The molecule has 3 aromatic rings. The number of hydrogen-bond donors (Lipinski definition) is 2. The van der Waals surface area contributed by atoms with Gasteiger partial charge < -0.3 is 14.9 Å². The van der Waals surface area contributed by atoms with Crippen LogP contribution in [0.3, 0.4) is 0 Å². The maximum Gasteiger partial charge on any atom is 0.168 e. The Hall–Kier alpha value is -2.99. The number of aromatic hydroxyl groups is 1. The topological polar surface area (TPSA) is 49.7 Å². The molecule has 2 N–H and O–H groups in total. The summed E-state index contributed by atoms with van der Waals surface area (Å²) in [5.74, 6) is -2.27. The van der Waals surface area contributed by atoms with Crippen molar-refractivity contribution in [2.24, 2.45) is 5.92 Å². The van der Waals surface area contributed by atoms with Crippen LogP contribution in [-0.4, -0.2) is 16.3 Å². The fraction of sp³-hybridized carbons (Fsp3) is 0.379. The lowest BCUT2D eigenvalue weighted by atomic mass is 9.75. The highest BCUT2D eigenvalue weighted by atomic mass is 19.2. The third-order valence-electron chi connectivity index (χ3n) is 7.03. The molecule has 1 atom stereocenters. The Balaban J connectivity index is 1.42. The molecule has 0 aliphatic heterocycles. The Labute approximate surface area is 204 Å². The molecule has 1 aliphatic rings. The number of phenolic OH excluding ortho intramolecular Hbond substituents is 1. The minimum atomic E-state index is -0.856. The van der Waals surface area contributed by atoms with Crippen LogP contribution in [0.4, 0.5) is 13.2 Å². The standard InChI is InChI=1S/C29H31F3O3/c1-2-3-26(34)21-10-8-20(9-11-21)24-14-13-23(28(31)29(24)32)19-6-4-18(5-7-19)17-35-27-15-12-22(33)16-25(27)30/h4-7,12-16,20-21,26,33-34H,2-3,8-11,17H2,1H3. The molecular weight excluding hydrogens is 453 g/mol. The molecule has 0 saturated heterocycles. The third kappa shape index (κ3) is 5.81. The molecule has 186 valence electrons. The van der Waals surface area contributed by atoms with E-state index in [1.807, 2.05) is 0 Å². The normalized spacial score (nSPS) is 18.9. The first-order chi connectivity index (χ1) is 16.9. The highest BCUT2D eigenvalue weighted by molar-refractivity contribution is 5.65. The van der Waals surface area contributed by atoms with Crippen molar-refractivity contribution in [3.63, 3.8) is 0 Å². The number of aliphatic hydroxyl groups is 1. The van der Waals surface area contributed by atoms with Gasteiger partial charge >= 0.3 is 0 Å². The Morgan fingerprint density at radius 2 is 1.63 bits per heavy atom. The number of aliphatic hydroxyl groups excluding tert-OH is 1. The first kappa shape index (κ1) is 25.1. The fourth-order valence-corrected chi connectivity index (χ4v) is 5.00. The summed E-state index contributed by atoms with van der Waals surface area (Å²) in [5.41, 5.74) is 1.88. The summed E-state index contributed by atoms with van der Waals surface area (Å²) in [4.78, 5) is 0. The van der Waals surface area contributed by atoms with E-state index < -0.39 is 17.5 Å². The van der Waals surface area contributed by atoms with Crippen molar-refractivity contribution in [2.45, 2.75) is 64.1 Å². The van der Waals surface area contributed by atoms with Crippen LogP contribution in [0.25, 0.3) is 11.1 Å². The maximum atomic E-state index is 15.1. The quantitative estimate of drug-likeness (QED) is 0.348. The van der Waals surface area contributed by atoms with Crippen molar-refractivity contribution in [1.82, 2.24) is 0 Å². The summed E-state index contributed by atoms with van der Waals surface area (Å²) in [6.45, 7) is 2.14. The highest BCUT2D eigenvalue weighted by Crippen LogP contribution is 2.40. The lowest BCUT2D eigenvalue weighted by molar-refractivity contribution is 0.0727. The van der Waals surface area contributed by atoms with E-state index in [0.717, 1.165) is 50.2 Å². The van der Waals surface area contributed by atoms with Gasteiger partial charge in [0, 0.05) is 11.6 Å². The van der Waals surface area contributed by atoms with E-state index in [4.69, 9.17) is 4.74 Å². The molecule has 4 rings (SSSR count). The molecule has 1 aliphatic carbocycles. The number of halogens is 3. The van der Waals surface area contributed by atoms with E-state index in [1.165, 1.54) is 12.1 Å². The summed E-state index contributed by atoms with van der Waals surface area (Å²) in [5, 5.41) is 19.5. The summed E-state index contributed by atoms with van der Waals surface area (Å²) in [6, 6.07) is 13.8. The van der Waals surface area contributed by atoms with Gasteiger partial charge in [0.15, 0.2) is 23.2 Å². The Morgan fingerprint density at radius 3 is 2.29 bits per heavy atom. The van der Waals surface area contributed by atoms with Gasteiger partial charge in [0.2, 0.25) is 0 Å². The van der Waals surface area contributed by atoms with Gasteiger partial charge in [0.1, 0.15) is 12.4 Å². The zero-order chi connectivity index (χ0) is 24.9. The first-order valence-electron chi connectivity index (χ1n) is 12.2. The Bertz CT molecular complexity index is 1140. The number of benzene rings is 3. The monoisotopic (exact) mass is 484 g/mol. The van der Waals surface area contributed by atoms with Crippen LogP contribution in [-0.2, 0) is 6.61 Å². The smallest absolute Gasteiger partial charge is 0.168 e.